The summed E-state index contributed by atoms with van der Waals surface area (Å²) in [7, 11) is 3.19. The maximum atomic E-state index is 12.7. The zero-order valence-electron chi connectivity index (χ0n) is 18.3. The number of rotatable bonds is 6. The molecule has 1 fully saturated rings. The van der Waals surface area contributed by atoms with Gasteiger partial charge in [-0.05, 0) is 41.5 Å². The van der Waals surface area contributed by atoms with Crippen molar-refractivity contribution in [1.29, 1.82) is 0 Å². The standard InChI is InChI=1S/C25H27N3O4/c1-31-22-9-5-18(16-23(22)32-2)6-10-24(30)28-14-12-27(13-15-28)17-19-7-8-21(29)25-20(19)4-3-11-26-25/h3-11,16,29H,12-15,17H2,1-2H3/b10-6+. The normalized spacial score (nSPS) is 14.8. The Kier molecular flexibility index (Phi) is 6.56. The van der Waals surface area contributed by atoms with Crippen LogP contribution in [0.15, 0.2) is 54.7 Å². The molecule has 2 aromatic carbocycles. The molecule has 1 N–H and O–H groups in total. The first-order valence-electron chi connectivity index (χ1n) is 10.6. The van der Waals surface area contributed by atoms with Crippen LogP contribution in [0.4, 0.5) is 0 Å². The quantitative estimate of drug-likeness (QED) is 0.601. The number of aromatic nitrogens is 1. The number of nitrogens with zero attached hydrogens (tertiary/aromatic N) is 3. The zero-order valence-corrected chi connectivity index (χ0v) is 18.3. The maximum absolute atomic E-state index is 12.7. The number of hydrogen-bond acceptors (Lipinski definition) is 6. The Labute approximate surface area is 187 Å². The van der Waals surface area contributed by atoms with Gasteiger partial charge < -0.3 is 19.5 Å². The predicted molar refractivity (Wildman–Crippen MR) is 124 cm³/mol. The first kappa shape index (κ1) is 21.6. The van der Waals surface area contributed by atoms with Gasteiger partial charge in [-0.2, -0.15) is 0 Å². The summed E-state index contributed by atoms with van der Waals surface area (Å²) >= 11 is 0. The molecule has 0 atom stereocenters. The number of ether oxygens (including phenoxy) is 2. The van der Waals surface area contributed by atoms with Crippen LogP contribution in [0, 0.1) is 0 Å². The van der Waals surface area contributed by atoms with Crippen molar-refractivity contribution in [3.05, 3.63) is 65.9 Å². The SMILES string of the molecule is COc1ccc(/C=C/C(=O)N2CCN(Cc3ccc(O)c4ncccc34)CC2)cc1OC. The minimum atomic E-state index is -0.00119. The highest BCUT2D eigenvalue weighted by Crippen LogP contribution is 2.28. The first-order chi connectivity index (χ1) is 15.6. The Morgan fingerprint density at radius 3 is 2.59 bits per heavy atom. The van der Waals surface area contributed by atoms with Crippen molar-refractivity contribution >= 4 is 22.9 Å². The van der Waals surface area contributed by atoms with Gasteiger partial charge in [0, 0.05) is 50.4 Å². The lowest BCUT2D eigenvalue weighted by atomic mass is 10.1. The predicted octanol–water partition coefficient (Wildman–Crippen LogP) is 3.32. The fraction of sp³-hybridized carbons (Fsp3) is 0.280. The van der Waals surface area contributed by atoms with Gasteiger partial charge in [-0.25, -0.2) is 0 Å². The van der Waals surface area contributed by atoms with Crippen LogP contribution in [0.3, 0.4) is 0 Å². The Morgan fingerprint density at radius 1 is 1.06 bits per heavy atom. The summed E-state index contributed by atoms with van der Waals surface area (Å²) in [4.78, 5) is 21.1. The molecule has 0 spiro atoms. The van der Waals surface area contributed by atoms with E-state index in [1.54, 1.807) is 38.6 Å². The summed E-state index contributed by atoms with van der Waals surface area (Å²) in [5, 5.41) is 11.0. The number of phenolic OH excluding ortho intramolecular Hbond substituents is 1. The van der Waals surface area contributed by atoms with Crippen LogP contribution in [0.1, 0.15) is 11.1 Å². The number of phenols is 1. The topological polar surface area (TPSA) is 75.1 Å². The second kappa shape index (κ2) is 9.70. The lowest BCUT2D eigenvalue weighted by molar-refractivity contribution is -0.127. The Morgan fingerprint density at radius 2 is 1.84 bits per heavy atom. The van der Waals surface area contributed by atoms with Crippen molar-refractivity contribution in [2.75, 3.05) is 40.4 Å². The fourth-order valence-corrected chi connectivity index (χ4v) is 3.95. The van der Waals surface area contributed by atoms with Gasteiger partial charge in [-0.15, -0.1) is 0 Å². The number of pyridine rings is 1. The van der Waals surface area contributed by atoms with E-state index in [-0.39, 0.29) is 11.7 Å². The number of aromatic hydroxyl groups is 1. The maximum Gasteiger partial charge on any atom is 0.246 e. The van der Waals surface area contributed by atoms with E-state index >= 15 is 0 Å². The number of benzene rings is 2. The monoisotopic (exact) mass is 433 g/mol. The van der Waals surface area contributed by atoms with E-state index in [1.165, 1.54) is 0 Å². The molecular weight excluding hydrogens is 406 g/mol. The van der Waals surface area contributed by atoms with E-state index in [0.29, 0.717) is 30.1 Å². The molecule has 0 radical (unpaired) electrons. The number of piperazine rings is 1. The van der Waals surface area contributed by atoms with Crippen molar-refractivity contribution in [3.63, 3.8) is 0 Å². The molecule has 1 aromatic heterocycles. The van der Waals surface area contributed by atoms with Crippen LogP contribution >= 0.6 is 0 Å². The molecule has 166 valence electrons. The molecule has 1 aliphatic heterocycles. The number of hydrogen-bond donors (Lipinski definition) is 1. The van der Waals surface area contributed by atoms with E-state index in [2.05, 4.69) is 9.88 Å². The van der Waals surface area contributed by atoms with E-state index in [4.69, 9.17) is 9.47 Å². The lowest BCUT2D eigenvalue weighted by Gasteiger charge is -2.34. The Hall–Kier alpha value is -3.58. The van der Waals surface area contributed by atoms with Crippen molar-refractivity contribution in [2.45, 2.75) is 6.54 Å². The van der Waals surface area contributed by atoms with Gasteiger partial charge in [-0.3, -0.25) is 14.7 Å². The van der Waals surface area contributed by atoms with Gasteiger partial charge in [0.1, 0.15) is 11.3 Å². The molecule has 0 unspecified atom stereocenters. The molecule has 1 saturated heterocycles. The molecule has 2 heterocycles. The minimum Gasteiger partial charge on any atom is -0.506 e. The molecule has 7 heteroatoms. The van der Waals surface area contributed by atoms with Crippen LogP contribution in [-0.2, 0) is 11.3 Å². The molecule has 1 aliphatic rings. The summed E-state index contributed by atoms with van der Waals surface area (Å²) in [6.45, 7) is 3.68. The van der Waals surface area contributed by atoms with E-state index in [0.717, 1.165) is 36.1 Å². The summed E-state index contributed by atoms with van der Waals surface area (Å²) in [6, 6.07) is 13.1. The molecular formula is C25H27N3O4. The third-order valence-corrected chi connectivity index (χ3v) is 5.74. The van der Waals surface area contributed by atoms with Gasteiger partial charge in [-0.1, -0.05) is 18.2 Å². The summed E-state index contributed by atoms with van der Waals surface area (Å²) in [6.07, 6.45) is 5.09. The molecule has 0 bridgehead atoms. The molecule has 4 rings (SSSR count). The Balaban J connectivity index is 1.35. The summed E-state index contributed by atoms with van der Waals surface area (Å²) < 4.78 is 10.6. The number of carbonyl (C=O) groups is 1. The first-order valence-corrected chi connectivity index (χ1v) is 10.6. The van der Waals surface area contributed by atoms with Crippen LogP contribution in [0.5, 0.6) is 17.2 Å². The number of methoxy groups -OCH3 is 2. The van der Waals surface area contributed by atoms with E-state index in [9.17, 15) is 9.90 Å². The summed E-state index contributed by atoms with van der Waals surface area (Å²) in [5.74, 6) is 1.48. The average molecular weight is 434 g/mol. The average Bonchev–Trinajstić information content (AvgIpc) is 2.84. The van der Waals surface area contributed by atoms with Crippen LogP contribution in [-0.4, -0.2) is 66.2 Å². The highest BCUT2D eigenvalue weighted by molar-refractivity contribution is 5.92. The number of amides is 1. The van der Waals surface area contributed by atoms with Crippen LogP contribution in [0.2, 0.25) is 0 Å². The molecule has 3 aromatic rings. The van der Waals surface area contributed by atoms with Crippen LogP contribution < -0.4 is 9.47 Å². The smallest absolute Gasteiger partial charge is 0.246 e. The van der Waals surface area contributed by atoms with Crippen LogP contribution in [0.25, 0.3) is 17.0 Å². The highest BCUT2D eigenvalue weighted by Gasteiger charge is 2.20. The molecule has 1 amide bonds. The van der Waals surface area contributed by atoms with Gasteiger partial charge in [0.25, 0.3) is 0 Å². The number of carbonyl (C=O) groups excluding carboxylic acids is 1. The van der Waals surface area contributed by atoms with Gasteiger partial charge >= 0.3 is 0 Å². The third kappa shape index (κ3) is 4.68. The minimum absolute atomic E-state index is 0.00119. The second-order valence-electron chi connectivity index (χ2n) is 7.69. The second-order valence-corrected chi connectivity index (χ2v) is 7.69. The molecule has 0 saturated carbocycles. The fourth-order valence-electron chi connectivity index (χ4n) is 3.95. The van der Waals surface area contributed by atoms with Crippen molar-refractivity contribution in [2.24, 2.45) is 0 Å². The Bertz CT molecular complexity index is 1140. The lowest BCUT2D eigenvalue weighted by Crippen LogP contribution is -2.47. The van der Waals surface area contributed by atoms with Gasteiger partial charge in [0.05, 0.1) is 14.2 Å². The summed E-state index contributed by atoms with van der Waals surface area (Å²) in [5.41, 5.74) is 2.63. The molecule has 32 heavy (non-hydrogen) atoms. The van der Waals surface area contributed by atoms with Gasteiger partial charge in [0.15, 0.2) is 11.5 Å². The largest absolute Gasteiger partial charge is 0.506 e. The van der Waals surface area contributed by atoms with Crippen molar-refractivity contribution in [1.82, 2.24) is 14.8 Å². The third-order valence-electron chi connectivity index (χ3n) is 5.74. The zero-order chi connectivity index (χ0) is 22.5. The van der Waals surface area contributed by atoms with Crippen molar-refractivity contribution in [3.8, 4) is 17.2 Å². The highest BCUT2D eigenvalue weighted by atomic mass is 16.5. The van der Waals surface area contributed by atoms with Crippen molar-refractivity contribution < 1.29 is 19.4 Å². The molecule has 0 aliphatic carbocycles. The van der Waals surface area contributed by atoms with E-state index in [1.807, 2.05) is 41.3 Å². The molecule has 7 nitrogen and oxygen atoms in total. The van der Waals surface area contributed by atoms with E-state index < -0.39 is 0 Å². The number of fused-ring (bicyclic) bond motifs is 1. The van der Waals surface area contributed by atoms with Gasteiger partial charge in [0.2, 0.25) is 5.91 Å².